The number of phosphoric acid groups is 1. The average Bonchev–Trinajstić information content (AvgIpc) is 0.762. The molecule has 18 atom stereocenters. The molecule has 18 unspecified atom stereocenters. The number of hydrogen-bond acceptors (Lipinski definition) is 23. The monoisotopic (exact) mass is 1490 g/mol. The topological polar surface area (TPSA) is 374 Å². The first kappa shape index (κ1) is 94.6. The number of unbranched alkanes of at least 4 members (excludes halogenated alkanes) is 42. The summed E-state index contributed by atoms with van der Waals surface area (Å²) in [6.07, 6.45) is 22.8. The van der Waals surface area contributed by atoms with E-state index in [9.17, 15) is 74.9 Å². The van der Waals surface area contributed by atoms with Gasteiger partial charge in [-0.1, -0.05) is 302 Å². The Kier molecular flexibility index (Phi) is 54.5. The van der Waals surface area contributed by atoms with Crippen molar-refractivity contribution in [2.45, 2.75) is 427 Å². The summed E-state index contributed by atoms with van der Waals surface area (Å²) in [6.45, 7) is 3.38. The lowest BCUT2D eigenvalue weighted by molar-refractivity contribution is -0.360. The predicted octanol–water partition coefficient (Wildman–Crippen LogP) is 12.5. The number of phosphoric ester groups is 1. The van der Waals surface area contributed by atoms with E-state index in [1.807, 2.05) is 6.08 Å². The van der Waals surface area contributed by atoms with E-state index in [1.165, 1.54) is 192 Å². The van der Waals surface area contributed by atoms with Gasteiger partial charge in [-0.15, -0.1) is 0 Å². The fourth-order valence-corrected chi connectivity index (χ4v) is 14.5. The number of allylic oxidation sites excluding steroid dienone is 3. The largest absolute Gasteiger partial charge is 0.472 e. The van der Waals surface area contributed by atoms with Crippen LogP contribution in [0.15, 0.2) is 24.3 Å². The van der Waals surface area contributed by atoms with Gasteiger partial charge in [-0.3, -0.25) is 18.6 Å². The minimum Gasteiger partial charge on any atom is -0.463 e. The zero-order chi connectivity index (χ0) is 75.3. The Labute approximate surface area is 617 Å². The Hall–Kier alpha value is -2.56. The van der Waals surface area contributed by atoms with Gasteiger partial charge in [-0.25, -0.2) is 9.36 Å². The second-order valence-electron chi connectivity index (χ2n) is 29.2. The van der Waals surface area contributed by atoms with Crippen LogP contribution in [0.5, 0.6) is 0 Å². The molecule has 11 N–H and O–H groups in total. The highest BCUT2D eigenvalue weighted by Gasteiger charge is 2.58. The van der Waals surface area contributed by atoms with Crippen LogP contribution in [0.25, 0.3) is 0 Å². The molecule has 0 spiro atoms. The Bertz CT molecular complexity index is 2210. The zero-order valence-corrected chi connectivity index (χ0v) is 64.3. The minimum atomic E-state index is -5.72. The molecule has 1 saturated carbocycles. The highest BCUT2D eigenvalue weighted by Crippen LogP contribution is 2.49. The van der Waals surface area contributed by atoms with Crippen molar-refractivity contribution in [1.82, 2.24) is 0 Å². The maximum Gasteiger partial charge on any atom is 0.472 e. The molecule has 0 aromatic heterocycles. The molecule has 0 aromatic carbocycles. The smallest absolute Gasteiger partial charge is 0.463 e. The number of ether oxygens (including phenoxy) is 7. The number of hydrogen-bond donors (Lipinski definition) is 11. The molecule has 1 aliphatic carbocycles. The normalized spacial score (nSPS) is 27.0. The summed E-state index contributed by atoms with van der Waals surface area (Å²) in [7, 11) is -5.72. The lowest BCUT2D eigenvalue weighted by Crippen LogP contribution is -2.69. The molecule has 0 radical (unpaired) electrons. The standard InChI is InChI=1S/C78H143O24P/c1-4-7-10-13-16-19-22-25-28-30-33-35-38-41-44-47-50-53-63(81)95-58-61-66(84)68(86)73(91)78(99-61)101-75-71(89)69(87)70(88)74(100-77-72(90)67(85)65(83)60(55-79)98-77)76(75)102-103(92,93)96-57-59(56-94-62(80)52-49-46-43-40-37-34-31-27-24-21-18-15-12-9-6-3)97-64(82)54-51-48-45-42-39-36-32-29-26-23-20-17-14-11-8-5-2/h43,46,49,52,59-61,65-79,83-91H,4-42,44-45,47-48,50-51,53-58H2,1-3H3,(H,92,93)/b46-43+,52-49+. The highest BCUT2D eigenvalue weighted by molar-refractivity contribution is 7.47. The van der Waals surface area contributed by atoms with Crippen LogP contribution in [0.4, 0.5) is 0 Å². The van der Waals surface area contributed by atoms with Gasteiger partial charge in [-0.2, -0.15) is 0 Å². The van der Waals surface area contributed by atoms with E-state index in [1.54, 1.807) is 6.08 Å². The Morgan fingerprint density at radius 1 is 0.398 bits per heavy atom. The number of carbonyl (C=O) groups excluding carboxylic acids is 3. The van der Waals surface area contributed by atoms with Crippen molar-refractivity contribution < 1.29 is 117 Å². The van der Waals surface area contributed by atoms with Crippen LogP contribution in [0.1, 0.15) is 323 Å². The fraction of sp³-hybridized carbons (Fsp3) is 0.910. The van der Waals surface area contributed by atoms with Gasteiger partial charge in [0.15, 0.2) is 18.7 Å². The van der Waals surface area contributed by atoms with Crippen molar-refractivity contribution >= 4 is 25.7 Å². The van der Waals surface area contributed by atoms with Crippen LogP contribution in [-0.2, 0) is 61.2 Å². The van der Waals surface area contributed by atoms with E-state index in [2.05, 4.69) is 20.8 Å². The van der Waals surface area contributed by atoms with Gasteiger partial charge in [-0.05, 0) is 25.7 Å². The summed E-state index contributed by atoms with van der Waals surface area (Å²) < 4.78 is 65.0. The molecule has 0 bridgehead atoms. The maximum atomic E-state index is 14.4. The Morgan fingerprint density at radius 3 is 1.15 bits per heavy atom. The third-order valence-electron chi connectivity index (χ3n) is 20.1. The summed E-state index contributed by atoms with van der Waals surface area (Å²) in [4.78, 5) is 51.0. The van der Waals surface area contributed by atoms with E-state index in [0.29, 0.717) is 12.8 Å². The number of aliphatic hydroxyl groups is 10. The summed E-state index contributed by atoms with van der Waals surface area (Å²) in [5.74, 6) is -2.23. The molecule has 24 nitrogen and oxygen atoms in total. The number of aliphatic hydroxyl groups excluding tert-OH is 10. The molecule has 3 rings (SSSR count). The first-order valence-electron chi connectivity index (χ1n) is 40.7. The van der Waals surface area contributed by atoms with E-state index in [4.69, 9.17) is 42.2 Å². The van der Waals surface area contributed by atoms with Crippen LogP contribution < -0.4 is 0 Å². The number of carbonyl (C=O) groups is 3. The molecule has 3 fully saturated rings. The van der Waals surface area contributed by atoms with Gasteiger partial charge < -0.3 is 89.1 Å². The summed E-state index contributed by atoms with van der Waals surface area (Å²) in [5, 5.41) is 110. The Morgan fingerprint density at radius 2 is 0.748 bits per heavy atom. The van der Waals surface area contributed by atoms with Gasteiger partial charge in [0, 0.05) is 18.9 Å². The van der Waals surface area contributed by atoms with Gasteiger partial charge in [0.2, 0.25) is 0 Å². The van der Waals surface area contributed by atoms with E-state index in [0.717, 1.165) is 96.0 Å². The molecule has 2 saturated heterocycles. The van der Waals surface area contributed by atoms with Crippen molar-refractivity contribution in [2.75, 3.05) is 26.4 Å². The van der Waals surface area contributed by atoms with Crippen LogP contribution in [0, 0.1) is 0 Å². The van der Waals surface area contributed by atoms with Gasteiger partial charge >= 0.3 is 25.7 Å². The van der Waals surface area contributed by atoms with Crippen molar-refractivity contribution in [3.05, 3.63) is 24.3 Å². The lowest BCUT2D eigenvalue weighted by atomic mass is 9.84. The summed E-state index contributed by atoms with van der Waals surface area (Å²) >= 11 is 0. The van der Waals surface area contributed by atoms with Gasteiger partial charge in [0.1, 0.15) is 98.7 Å². The molecule has 2 heterocycles. The molecule has 0 amide bonds. The van der Waals surface area contributed by atoms with Crippen molar-refractivity contribution in [2.24, 2.45) is 0 Å². The number of rotatable bonds is 64. The zero-order valence-electron chi connectivity index (χ0n) is 63.4. The first-order chi connectivity index (χ1) is 49.8. The van der Waals surface area contributed by atoms with E-state index in [-0.39, 0.29) is 12.8 Å². The summed E-state index contributed by atoms with van der Waals surface area (Å²) in [5.41, 5.74) is 0. The van der Waals surface area contributed by atoms with E-state index < -0.39 is 156 Å². The van der Waals surface area contributed by atoms with Crippen LogP contribution in [0.2, 0.25) is 0 Å². The van der Waals surface area contributed by atoms with Gasteiger partial charge in [0.25, 0.3) is 0 Å². The molecule has 0 aromatic rings. The maximum absolute atomic E-state index is 14.4. The molecule has 3 aliphatic rings. The molecular weight excluding hydrogens is 1350 g/mol. The molecular formula is C78H143O24P. The molecule has 604 valence electrons. The van der Waals surface area contributed by atoms with Crippen molar-refractivity contribution in [3.8, 4) is 0 Å². The minimum absolute atomic E-state index is 0.0296. The van der Waals surface area contributed by atoms with Crippen LogP contribution in [0.3, 0.4) is 0 Å². The third kappa shape index (κ3) is 41.7. The fourth-order valence-electron chi connectivity index (χ4n) is 13.5. The van der Waals surface area contributed by atoms with Crippen LogP contribution >= 0.6 is 7.82 Å². The SMILES string of the molecule is CCCCCCCCCCCCC/C=C/C=C/C(=O)OCC(COP(=O)(O)OC1C(OC2OC(CO)C(O)C(O)C2O)C(O)C(O)C(O)C1OC1OC(COC(=O)CCCCCCCCCCCCCCCCCCC)C(O)C(O)C1O)OC(=O)CCCCCCCCCCCCCCCCCC. The Balaban J connectivity index is 1.71. The second kappa shape index (κ2) is 59.3. The molecule has 25 heteroatoms. The average molecular weight is 1500 g/mol. The van der Waals surface area contributed by atoms with Crippen molar-refractivity contribution in [3.63, 3.8) is 0 Å². The molecule has 2 aliphatic heterocycles. The highest BCUT2D eigenvalue weighted by atomic mass is 31.2. The first-order valence-corrected chi connectivity index (χ1v) is 42.2. The third-order valence-corrected chi connectivity index (χ3v) is 21.1. The summed E-state index contributed by atoms with van der Waals surface area (Å²) in [6, 6.07) is 0. The van der Waals surface area contributed by atoms with E-state index >= 15 is 0 Å². The second-order valence-corrected chi connectivity index (χ2v) is 30.6. The quantitative estimate of drug-likeness (QED) is 0.00673. The van der Waals surface area contributed by atoms with Crippen LogP contribution in [-0.4, -0.2) is 204 Å². The molecule has 103 heavy (non-hydrogen) atoms. The predicted molar refractivity (Wildman–Crippen MR) is 393 cm³/mol. The lowest BCUT2D eigenvalue weighted by Gasteiger charge is -2.49. The van der Waals surface area contributed by atoms with Crippen molar-refractivity contribution in [1.29, 1.82) is 0 Å². The van der Waals surface area contributed by atoms with Gasteiger partial charge in [0.05, 0.1) is 13.2 Å². The number of esters is 3.